The van der Waals surface area contributed by atoms with Crippen molar-refractivity contribution in [1.29, 1.82) is 0 Å². The van der Waals surface area contributed by atoms with Crippen LogP contribution in [0.5, 0.6) is 0 Å². The summed E-state index contributed by atoms with van der Waals surface area (Å²) in [5, 5.41) is 11.3. The fourth-order valence-electron chi connectivity index (χ4n) is 1.49. The van der Waals surface area contributed by atoms with Crippen molar-refractivity contribution in [2.75, 3.05) is 0 Å². The fraction of sp³-hybridized carbons (Fsp3) is 0.417. The maximum atomic E-state index is 11.7. The Morgan fingerprint density at radius 1 is 1.37 bits per heavy atom. The summed E-state index contributed by atoms with van der Waals surface area (Å²) in [6.45, 7) is 1.92. The van der Waals surface area contributed by atoms with Crippen LogP contribution in [0.25, 0.3) is 0 Å². The summed E-state index contributed by atoms with van der Waals surface area (Å²) in [5.41, 5.74) is 4.98. The van der Waals surface area contributed by atoms with E-state index in [0.29, 0.717) is 12.8 Å². The SMILES string of the molecule is CCCCC(NC(=O)c1ccc(C(N)=O)o1)C(=O)O. The number of hydrogen-bond donors (Lipinski definition) is 3. The zero-order valence-corrected chi connectivity index (χ0v) is 10.5. The van der Waals surface area contributed by atoms with Crippen LogP contribution in [0.15, 0.2) is 16.5 Å². The first-order chi connectivity index (χ1) is 8.95. The zero-order chi connectivity index (χ0) is 14.4. The van der Waals surface area contributed by atoms with Crippen molar-refractivity contribution in [3.8, 4) is 0 Å². The van der Waals surface area contributed by atoms with Crippen LogP contribution < -0.4 is 11.1 Å². The highest BCUT2D eigenvalue weighted by molar-refractivity contribution is 5.96. The number of furan rings is 1. The average molecular weight is 268 g/mol. The molecule has 7 heteroatoms. The van der Waals surface area contributed by atoms with Gasteiger partial charge in [0.05, 0.1) is 0 Å². The van der Waals surface area contributed by atoms with Gasteiger partial charge in [-0.3, -0.25) is 9.59 Å². The van der Waals surface area contributed by atoms with E-state index in [9.17, 15) is 14.4 Å². The van der Waals surface area contributed by atoms with E-state index in [1.165, 1.54) is 12.1 Å². The number of unbranched alkanes of at least 4 members (excludes halogenated alkanes) is 1. The van der Waals surface area contributed by atoms with E-state index in [1.54, 1.807) is 0 Å². The molecule has 104 valence electrons. The number of nitrogens with two attached hydrogens (primary N) is 1. The van der Waals surface area contributed by atoms with Crippen molar-refractivity contribution in [3.05, 3.63) is 23.7 Å². The molecule has 0 bridgehead atoms. The van der Waals surface area contributed by atoms with Crippen molar-refractivity contribution in [2.24, 2.45) is 5.73 Å². The Labute approximate surface area is 109 Å². The Hall–Kier alpha value is -2.31. The third kappa shape index (κ3) is 4.13. The molecule has 19 heavy (non-hydrogen) atoms. The van der Waals surface area contributed by atoms with Gasteiger partial charge in [-0.05, 0) is 18.6 Å². The average Bonchev–Trinajstić information content (AvgIpc) is 2.83. The van der Waals surface area contributed by atoms with E-state index in [2.05, 4.69) is 5.32 Å². The Morgan fingerprint density at radius 2 is 2.00 bits per heavy atom. The van der Waals surface area contributed by atoms with Gasteiger partial charge in [0.2, 0.25) is 0 Å². The summed E-state index contributed by atoms with van der Waals surface area (Å²) < 4.78 is 4.91. The Kier molecular flexibility index (Phi) is 5.11. The molecule has 1 aromatic rings. The number of carbonyl (C=O) groups excluding carboxylic acids is 2. The molecule has 1 atom stereocenters. The smallest absolute Gasteiger partial charge is 0.326 e. The lowest BCUT2D eigenvalue weighted by molar-refractivity contribution is -0.139. The second-order valence-electron chi connectivity index (χ2n) is 4.03. The lowest BCUT2D eigenvalue weighted by atomic mass is 10.1. The summed E-state index contributed by atoms with van der Waals surface area (Å²) in [7, 11) is 0. The largest absolute Gasteiger partial charge is 0.480 e. The number of primary amides is 1. The van der Waals surface area contributed by atoms with Crippen LogP contribution in [-0.4, -0.2) is 28.9 Å². The maximum Gasteiger partial charge on any atom is 0.326 e. The first kappa shape index (κ1) is 14.7. The Bertz CT molecular complexity index is 480. The van der Waals surface area contributed by atoms with Gasteiger partial charge < -0.3 is 20.6 Å². The first-order valence-electron chi connectivity index (χ1n) is 5.89. The van der Waals surface area contributed by atoms with Gasteiger partial charge in [-0.1, -0.05) is 19.8 Å². The molecule has 0 aliphatic carbocycles. The minimum atomic E-state index is -1.11. The third-order valence-corrected chi connectivity index (χ3v) is 2.52. The molecular formula is C12H16N2O5. The molecule has 0 spiro atoms. The van der Waals surface area contributed by atoms with Crippen molar-refractivity contribution < 1.29 is 23.9 Å². The normalized spacial score (nSPS) is 11.8. The molecule has 1 unspecified atom stereocenters. The van der Waals surface area contributed by atoms with Gasteiger partial charge in [-0.2, -0.15) is 0 Å². The molecule has 0 fully saturated rings. The minimum Gasteiger partial charge on any atom is -0.480 e. The monoisotopic (exact) mass is 268 g/mol. The van der Waals surface area contributed by atoms with E-state index in [-0.39, 0.29) is 11.5 Å². The number of carbonyl (C=O) groups is 3. The standard InChI is InChI=1S/C12H16N2O5/c1-2-3-4-7(12(17)18)14-11(16)9-6-5-8(19-9)10(13)15/h5-7H,2-4H2,1H3,(H2,13,15)(H,14,16)(H,17,18). The van der Waals surface area contributed by atoms with Crippen LogP contribution in [0.2, 0.25) is 0 Å². The second kappa shape index (κ2) is 6.58. The van der Waals surface area contributed by atoms with Crippen LogP contribution in [0.3, 0.4) is 0 Å². The van der Waals surface area contributed by atoms with Gasteiger partial charge in [0.15, 0.2) is 11.5 Å². The zero-order valence-electron chi connectivity index (χ0n) is 10.5. The Balaban J connectivity index is 2.70. The molecular weight excluding hydrogens is 252 g/mol. The predicted octanol–water partition coefficient (Wildman–Crippen LogP) is 0.752. The molecule has 2 amide bonds. The number of amides is 2. The van der Waals surface area contributed by atoms with Gasteiger partial charge in [0.25, 0.3) is 11.8 Å². The molecule has 1 aromatic heterocycles. The first-order valence-corrected chi connectivity index (χ1v) is 5.89. The lowest BCUT2D eigenvalue weighted by Crippen LogP contribution is -2.40. The van der Waals surface area contributed by atoms with Crippen LogP contribution in [-0.2, 0) is 4.79 Å². The number of hydrogen-bond acceptors (Lipinski definition) is 4. The number of nitrogens with one attached hydrogen (secondary N) is 1. The van der Waals surface area contributed by atoms with E-state index in [4.69, 9.17) is 15.3 Å². The van der Waals surface area contributed by atoms with E-state index >= 15 is 0 Å². The highest BCUT2D eigenvalue weighted by Crippen LogP contribution is 2.08. The summed E-state index contributed by atoms with van der Waals surface area (Å²) in [6.07, 6.45) is 1.84. The fourth-order valence-corrected chi connectivity index (χ4v) is 1.49. The molecule has 0 aromatic carbocycles. The van der Waals surface area contributed by atoms with Crippen LogP contribution in [0, 0.1) is 0 Å². The van der Waals surface area contributed by atoms with Gasteiger partial charge in [-0.15, -0.1) is 0 Å². The van der Waals surface area contributed by atoms with E-state index in [1.807, 2.05) is 6.92 Å². The minimum absolute atomic E-state index is 0.142. The predicted molar refractivity (Wildman–Crippen MR) is 65.6 cm³/mol. The number of aliphatic carboxylic acids is 1. The summed E-state index contributed by atoms with van der Waals surface area (Å²) >= 11 is 0. The molecule has 7 nitrogen and oxygen atoms in total. The second-order valence-corrected chi connectivity index (χ2v) is 4.03. The van der Waals surface area contributed by atoms with Crippen LogP contribution in [0.1, 0.15) is 47.3 Å². The number of carboxylic acids is 1. The van der Waals surface area contributed by atoms with E-state index in [0.717, 1.165) is 6.42 Å². The molecule has 0 radical (unpaired) electrons. The number of rotatable bonds is 7. The molecule has 0 aliphatic heterocycles. The van der Waals surface area contributed by atoms with Gasteiger partial charge in [0, 0.05) is 0 Å². The summed E-state index contributed by atoms with van der Waals surface area (Å²) in [5.74, 6) is -2.87. The van der Waals surface area contributed by atoms with Crippen molar-refractivity contribution in [1.82, 2.24) is 5.32 Å². The Morgan fingerprint density at radius 3 is 2.47 bits per heavy atom. The molecule has 0 saturated heterocycles. The maximum absolute atomic E-state index is 11.7. The molecule has 0 aliphatic rings. The molecule has 1 rings (SSSR count). The molecule has 4 N–H and O–H groups in total. The molecule has 1 heterocycles. The van der Waals surface area contributed by atoms with Crippen molar-refractivity contribution in [3.63, 3.8) is 0 Å². The third-order valence-electron chi connectivity index (χ3n) is 2.52. The molecule has 0 saturated carbocycles. The quantitative estimate of drug-likeness (QED) is 0.673. The summed E-state index contributed by atoms with van der Waals surface area (Å²) in [4.78, 5) is 33.5. The van der Waals surface area contributed by atoms with E-state index < -0.39 is 23.8 Å². The topological polar surface area (TPSA) is 123 Å². The highest BCUT2D eigenvalue weighted by Gasteiger charge is 2.22. The van der Waals surface area contributed by atoms with Crippen molar-refractivity contribution >= 4 is 17.8 Å². The van der Waals surface area contributed by atoms with Crippen molar-refractivity contribution in [2.45, 2.75) is 32.2 Å². The van der Waals surface area contributed by atoms with Gasteiger partial charge in [0.1, 0.15) is 6.04 Å². The van der Waals surface area contributed by atoms with Crippen LogP contribution in [0.4, 0.5) is 0 Å². The highest BCUT2D eigenvalue weighted by atomic mass is 16.4. The van der Waals surface area contributed by atoms with Gasteiger partial charge in [-0.25, -0.2) is 4.79 Å². The van der Waals surface area contributed by atoms with Gasteiger partial charge >= 0.3 is 5.97 Å². The number of carboxylic acid groups (broad SMARTS) is 1. The lowest BCUT2D eigenvalue weighted by Gasteiger charge is -2.12. The summed E-state index contributed by atoms with van der Waals surface area (Å²) in [6, 6.07) is 1.56. The van der Waals surface area contributed by atoms with Crippen LogP contribution >= 0.6 is 0 Å².